The van der Waals surface area contributed by atoms with Crippen LogP contribution in [0.4, 0.5) is 5.69 Å². The van der Waals surface area contributed by atoms with Crippen molar-refractivity contribution in [1.82, 2.24) is 19.3 Å². The number of hydrogen-bond donors (Lipinski definition) is 2. The van der Waals surface area contributed by atoms with Crippen molar-refractivity contribution < 1.29 is 13.5 Å². The van der Waals surface area contributed by atoms with Crippen molar-refractivity contribution in [1.29, 1.82) is 0 Å². The van der Waals surface area contributed by atoms with E-state index in [1.165, 1.54) is 4.31 Å². The van der Waals surface area contributed by atoms with Gasteiger partial charge in [-0.05, 0) is 54.4 Å². The van der Waals surface area contributed by atoms with Gasteiger partial charge in [-0.15, -0.1) is 0 Å². The summed E-state index contributed by atoms with van der Waals surface area (Å²) >= 11 is 0. The van der Waals surface area contributed by atoms with Crippen LogP contribution in [0.5, 0.6) is 0 Å². The van der Waals surface area contributed by atoms with Gasteiger partial charge >= 0.3 is 0 Å². The van der Waals surface area contributed by atoms with Crippen LogP contribution >= 0.6 is 0 Å². The topological polar surface area (TPSA) is 102 Å². The molecular formula is C24H25N5O3S. The maximum absolute atomic E-state index is 13.4. The molecule has 1 aromatic carbocycles. The number of H-pyrrole nitrogens is 1. The van der Waals surface area contributed by atoms with Gasteiger partial charge in [-0.3, -0.25) is 9.97 Å². The van der Waals surface area contributed by atoms with Gasteiger partial charge < -0.3 is 15.0 Å². The summed E-state index contributed by atoms with van der Waals surface area (Å²) in [4.78, 5) is 14.1. The fourth-order valence-electron chi connectivity index (χ4n) is 4.24. The zero-order valence-corrected chi connectivity index (χ0v) is 19.0. The highest BCUT2D eigenvalue weighted by Gasteiger charge is 2.27. The number of aromatic amines is 1. The first kappa shape index (κ1) is 21.6. The van der Waals surface area contributed by atoms with Crippen molar-refractivity contribution in [3.05, 3.63) is 72.7 Å². The Balaban J connectivity index is 1.57. The lowest BCUT2D eigenvalue weighted by Gasteiger charge is -2.23. The quantitative estimate of drug-likeness (QED) is 0.456. The summed E-state index contributed by atoms with van der Waals surface area (Å²) in [6.07, 6.45) is 5.34. The molecule has 0 unspecified atom stereocenters. The van der Waals surface area contributed by atoms with Gasteiger partial charge in [-0.2, -0.15) is 4.31 Å². The molecule has 170 valence electrons. The number of nitrogens with zero attached hydrogens (tertiary/aromatic N) is 4. The summed E-state index contributed by atoms with van der Waals surface area (Å²) in [5.41, 5.74) is 4.92. The number of pyridine rings is 2. The zero-order chi connectivity index (χ0) is 23.0. The van der Waals surface area contributed by atoms with Gasteiger partial charge in [0, 0.05) is 56.5 Å². The Morgan fingerprint density at radius 3 is 2.76 bits per heavy atom. The number of β-amino-alcohol motifs (C(OH)–C–C–N with tert-alkyl or cyclic N) is 1. The van der Waals surface area contributed by atoms with Gasteiger partial charge in [-0.25, -0.2) is 8.42 Å². The summed E-state index contributed by atoms with van der Waals surface area (Å²) in [7, 11) is -2.17. The molecule has 1 aliphatic rings. The molecule has 4 aromatic rings. The molecule has 1 saturated heterocycles. The number of fused-ring (bicyclic) bond motifs is 1. The Bertz CT molecular complexity index is 1350. The van der Waals surface area contributed by atoms with Crippen molar-refractivity contribution in [2.24, 2.45) is 0 Å². The molecule has 0 spiro atoms. The summed E-state index contributed by atoms with van der Waals surface area (Å²) < 4.78 is 28.1. The lowest BCUT2D eigenvalue weighted by atomic mass is 10.1. The van der Waals surface area contributed by atoms with E-state index in [2.05, 4.69) is 19.9 Å². The second kappa shape index (κ2) is 8.58. The van der Waals surface area contributed by atoms with Crippen LogP contribution in [0, 0.1) is 0 Å². The molecule has 1 aliphatic heterocycles. The monoisotopic (exact) mass is 463 g/mol. The number of aliphatic hydroxyl groups is 1. The zero-order valence-electron chi connectivity index (χ0n) is 18.2. The molecule has 0 radical (unpaired) electrons. The number of hydrogen-bond acceptors (Lipinski definition) is 6. The fraction of sp³-hybridized carbons (Fsp3) is 0.250. The molecule has 0 aliphatic carbocycles. The minimum Gasteiger partial charge on any atom is -0.391 e. The van der Waals surface area contributed by atoms with E-state index in [9.17, 15) is 13.5 Å². The molecule has 33 heavy (non-hydrogen) atoms. The summed E-state index contributed by atoms with van der Waals surface area (Å²) in [5.74, 6) is 0. The minimum absolute atomic E-state index is 0.207. The fourth-order valence-corrected chi connectivity index (χ4v) is 5.43. The SMILES string of the molecule is CN(Cc1cccnc1)S(=O)(=O)c1ccc(N2CC[C@H](O)C2)c(-c2cc3ncccc3[nH]2)c1. The van der Waals surface area contributed by atoms with E-state index in [1.807, 2.05) is 30.3 Å². The molecule has 0 bridgehead atoms. The molecule has 3 aromatic heterocycles. The average molecular weight is 464 g/mol. The molecule has 9 heteroatoms. The van der Waals surface area contributed by atoms with E-state index in [0.29, 0.717) is 19.5 Å². The highest BCUT2D eigenvalue weighted by atomic mass is 32.2. The van der Waals surface area contributed by atoms with Gasteiger partial charge in [0.25, 0.3) is 0 Å². The maximum atomic E-state index is 13.4. The lowest BCUT2D eigenvalue weighted by molar-refractivity contribution is 0.198. The van der Waals surface area contributed by atoms with Crippen molar-refractivity contribution in [2.45, 2.75) is 24.0 Å². The van der Waals surface area contributed by atoms with Crippen LogP contribution < -0.4 is 4.90 Å². The number of aliphatic hydroxyl groups excluding tert-OH is 1. The van der Waals surface area contributed by atoms with E-state index in [-0.39, 0.29) is 11.4 Å². The predicted molar refractivity (Wildman–Crippen MR) is 127 cm³/mol. The third kappa shape index (κ3) is 4.22. The number of aromatic nitrogens is 3. The summed E-state index contributed by atoms with van der Waals surface area (Å²) in [6, 6.07) is 14.5. The van der Waals surface area contributed by atoms with Gasteiger partial charge in [-0.1, -0.05) is 6.07 Å². The summed E-state index contributed by atoms with van der Waals surface area (Å²) in [5, 5.41) is 10.1. The highest BCUT2D eigenvalue weighted by molar-refractivity contribution is 7.89. The molecule has 2 N–H and O–H groups in total. The highest BCUT2D eigenvalue weighted by Crippen LogP contribution is 2.36. The number of sulfonamides is 1. The molecule has 0 saturated carbocycles. The van der Waals surface area contributed by atoms with Crippen molar-refractivity contribution in [2.75, 3.05) is 25.0 Å². The summed E-state index contributed by atoms with van der Waals surface area (Å²) in [6.45, 7) is 1.44. The Labute approximate surface area is 192 Å². The molecule has 4 heterocycles. The van der Waals surface area contributed by atoms with Gasteiger partial charge in [0.05, 0.1) is 27.7 Å². The second-order valence-electron chi connectivity index (χ2n) is 8.31. The number of benzene rings is 1. The molecule has 8 nitrogen and oxygen atoms in total. The first-order valence-electron chi connectivity index (χ1n) is 10.8. The smallest absolute Gasteiger partial charge is 0.243 e. The normalized spacial score (nSPS) is 16.7. The Morgan fingerprint density at radius 2 is 2.03 bits per heavy atom. The van der Waals surface area contributed by atoms with Crippen molar-refractivity contribution >= 4 is 26.7 Å². The van der Waals surface area contributed by atoms with Crippen LogP contribution in [-0.2, 0) is 16.6 Å². The molecule has 1 atom stereocenters. The van der Waals surface area contributed by atoms with Crippen LogP contribution in [0.15, 0.2) is 72.0 Å². The van der Waals surface area contributed by atoms with E-state index < -0.39 is 16.1 Å². The average Bonchev–Trinajstić information content (AvgIpc) is 3.45. The number of rotatable bonds is 6. The largest absolute Gasteiger partial charge is 0.391 e. The number of nitrogens with one attached hydrogen (secondary N) is 1. The van der Waals surface area contributed by atoms with Crippen LogP contribution in [0.2, 0.25) is 0 Å². The van der Waals surface area contributed by atoms with E-state index in [1.54, 1.807) is 43.8 Å². The minimum atomic E-state index is -3.74. The van der Waals surface area contributed by atoms with Gasteiger partial charge in [0.2, 0.25) is 10.0 Å². The van der Waals surface area contributed by atoms with Gasteiger partial charge in [0.15, 0.2) is 0 Å². The van der Waals surface area contributed by atoms with Crippen molar-refractivity contribution in [3.63, 3.8) is 0 Å². The van der Waals surface area contributed by atoms with Crippen LogP contribution in [0.3, 0.4) is 0 Å². The van der Waals surface area contributed by atoms with E-state index >= 15 is 0 Å². The van der Waals surface area contributed by atoms with Crippen LogP contribution in [0.1, 0.15) is 12.0 Å². The molecular weight excluding hydrogens is 438 g/mol. The van der Waals surface area contributed by atoms with Gasteiger partial charge in [0.1, 0.15) is 0 Å². The third-order valence-corrected chi connectivity index (χ3v) is 7.79. The van der Waals surface area contributed by atoms with E-state index in [0.717, 1.165) is 33.5 Å². The Morgan fingerprint density at radius 1 is 1.18 bits per heavy atom. The first-order valence-corrected chi connectivity index (χ1v) is 12.2. The Hall–Kier alpha value is -3.27. The molecule has 5 rings (SSSR count). The molecule has 0 amide bonds. The lowest BCUT2D eigenvalue weighted by Crippen LogP contribution is -2.27. The van der Waals surface area contributed by atoms with Crippen LogP contribution in [-0.4, -0.2) is 59.0 Å². The van der Waals surface area contributed by atoms with E-state index in [4.69, 9.17) is 0 Å². The predicted octanol–water partition coefficient (Wildman–Crippen LogP) is 3.02. The maximum Gasteiger partial charge on any atom is 0.243 e. The Kier molecular flexibility index (Phi) is 5.61. The standard InChI is InChI=1S/C24H25N5O3S/c1-28(15-17-4-2-9-25-14-17)33(31,32)19-6-7-24(29-11-8-18(30)16-29)20(12-19)22-13-23-21(27-22)5-3-10-26-23/h2-7,9-10,12-14,18,27,30H,8,11,15-16H2,1H3/t18-/m0/s1. The van der Waals surface area contributed by atoms with Crippen molar-refractivity contribution in [3.8, 4) is 11.3 Å². The number of anilines is 1. The first-order chi connectivity index (χ1) is 15.9. The third-order valence-electron chi connectivity index (χ3n) is 5.99. The second-order valence-corrected chi connectivity index (χ2v) is 10.4. The molecule has 1 fully saturated rings. The van der Waals surface area contributed by atoms with Crippen LogP contribution in [0.25, 0.3) is 22.3 Å².